The lowest BCUT2D eigenvalue weighted by molar-refractivity contribution is 0.0824. The van der Waals surface area contributed by atoms with E-state index in [1.807, 2.05) is 6.92 Å². The molecule has 0 saturated heterocycles. The molecular weight excluding hydrogens is 438 g/mol. The topological polar surface area (TPSA) is 139 Å². The highest BCUT2D eigenvalue weighted by Gasteiger charge is 2.34. The fourth-order valence-electron chi connectivity index (χ4n) is 3.66. The quantitative estimate of drug-likeness (QED) is 0.460. The summed E-state index contributed by atoms with van der Waals surface area (Å²) in [5.41, 5.74) is 0.652. The van der Waals surface area contributed by atoms with E-state index >= 15 is 0 Å². The third kappa shape index (κ3) is 4.59. The summed E-state index contributed by atoms with van der Waals surface area (Å²) in [6.45, 7) is 8.30. The predicted octanol–water partition coefficient (Wildman–Crippen LogP) is 3.68. The molecule has 2 aromatic heterocycles. The van der Waals surface area contributed by atoms with E-state index in [1.165, 1.54) is 4.90 Å². The molecule has 0 aliphatic carbocycles. The van der Waals surface area contributed by atoms with E-state index in [0.717, 1.165) is 12.2 Å². The van der Waals surface area contributed by atoms with Crippen molar-refractivity contribution in [3.8, 4) is 5.75 Å². The predicted molar refractivity (Wildman–Crippen MR) is 127 cm³/mol. The molecule has 1 unspecified atom stereocenters. The van der Waals surface area contributed by atoms with Gasteiger partial charge in [-0.1, -0.05) is 26.8 Å². The van der Waals surface area contributed by atoms with E-state index < -0.39 is 0 Å². The number of fused-ring (bicyclic) bond motifs is 1. The molecule has 11 nitrogen and oxygen atoms in total. The van der Waals surface area contributed by atoms with Gasteiger partial charge in [-0.2, -0.15) is 0 Å². The molecule has 1 aliphatic heterocycles. The Bertz CT molecular complexity index is 1250. The van der Waals surface area contributed by atoms with E-state index in [2.05, 4.69) is 57.8 Å². The third-order valence-electron chi connectivity index (χ3n) is 5.46. The molecule has 3 heterocycles. The number of nitrogens with one attached hydrogen (secondary N) is 2. The minimum absolute atomic E-state index is 0.0986. The summed E-state index contributed by atoms with van der Waals surface area (Å²) in [7, 11) is 3.24. The number of benzene rings is 1. The number of phenolic OH excluding ortho intramolecular Hbond substituents is 1. The molecule has 0 fully saturated rings. The van der Waals surface area contributed by atoms with Gasteiger partial charge in [-0.15, -0.1) is 0 Å². The van der Waals surface area contributed by atoms with Crippen molar-refractivity contribution in [1.82, 2.24) is 25.2 Å². The van der Waals surface area contributed by atoms with Crippen LogP contribution in [0.5, 0.6) is 5.75 Å². The number of aromatic hydroxyl groups is 1. The average molecular weight is 468 g/mol. The van der Waals surface area contributed by atoms with Crippen LogP contribution in [0.25, 0.3) is 11.3 Å². The number of anilines is 3. The molecule has 11 heteroatoms. The molecule has 2 atom stereocenters. The summed E-state index contributed by atoms with van der Waals surface area (Å²) < 4.78 is 10.8. The minimum atomic E-state index is -0.325. The maximum Gasteiger partial charge on any atom is 0.257 e. The number of aromatic nitrogens is 4. The smallest absolute Gasteiger partial charge is 0.257 e. The highest BCUT2D eigenvalue weighted by atomic mass is 16.6. The monoisotopic (exact) mass is 467 g/mol. The van der Waals surface area contributed by atoms with Crippen molar-refractivity contribution in [2.24, 2.45) is 5.41 Å². The van der Waals surface area contributed by atoms with Gasteiger partial charge in [0, 0.05) is 20.5 Å². The lowest BCUT2D eigenvalue weighted by Gasteiger charge is -2.33. The van der Waals surface area contributed by atoms with Crippen molar-refractivity contribution in [3.05, 3.63) is 35.6 Å². The number of para-hydroxylation sites is 1. The second kappa shape index (κ2) is 8.81. The van der Waals surface area contributed by atoms with Crippen molar-refractivity contribution in [3.63, 3.8) is 0 Å². The highest BCUT2D eigenvalue weighted by molar-refractivity contribution is 5.98. The molecule has 0 spiro atoms. The maximum absolute atomic E-state index is 12.5. The van der Waals surface area contributed by atoms with Gasteiger partial charge in [0.25, 0.3) is 5.91 Å². The summed E-state index contributed by atoms with van der Waals surface area (Å²) in [5, 5.41) is 24.9. The first-order valence-electron chi connectivity index (χ1n) is 11.0. The molecule has 4 rings (SSSR count). The summed E-state index contributed by atoms with van der Waals surface area (Å²) in [6.07, 6.45) is 3.00. The largest absolute Gasteiger partial charge is 0.505 e. The van der Waals surface area contributed by atoms with E-state index in [0.29, 0.717) is 5.82 Å². The number of carbonyl (C=O) groups is 1. The first-order chi connectivity index (χ1) is 16.0. The lowest BCUT2D eigenvalue weighted by atomic mass is 9.85. The van der Waals surface area contributed by atoms with Gasteiger partial charge in [-0.25, -0.2) is 14.6 Å². The van der Waals surface area contributed by atoms with E-state index in [-0.39, 0.29) is 57.6 Å². The Balaban J connectivity index is 1.74. The van der Waals surface area contributed by atoms with Crippen LogP contribution in [0, 0.1) is 5.41 Å². The highest BCUT2D eigenvalue weighted by Crippen LogP contribution is 2.36. The molecule has 0 saturated carbocycles. The Morgan fingerprint density at radius 2 is 1.85 bits per heavy atom. The van der Waals surface area contributed by atoms with Gasteiger partial charge in [0.05, 0.1) is 23.4 Å². The molecule has 3 aromatic rings. The van der Waals surface area contributed by atoms with Crippen LogP contribution in [0.3, 0.4) is 0 Å². The second-order valence-corrected chi connectivity index (χ2v) is 9.57. The Morgan fingerprint density at radius 3 is 2.44 bits per heavy atom. The third-order valence-corrected chi connectivity index (χ3v) is 5.46. The van der Waals surface area contributed by atoms with Crippen molar-refractivity contribution in [2.75, 3.05) is 24.7 Å². The van der Waals surface area contributed by atoms with Crippen LogP contribution in [0.4, 0.5) is 17.3 Å². The van der Waals surface area contributed by atoms with Gasteiger partial charge >= 0.3 is 0 Å². The lowest BCUT2D eigenvalue weighted by Crippen LogP contribution is -2.37. The van der Waals surface area contributed by atoms with Gasteiger partial charge in [-0.3, -0.25) is 4.79 Å². The number of amides is 1. The summed E-state index contributed by atoms with van der Waals surface area (Å²) in [6, 6.07) is 4.65. The van der Waals surface area contributed by atoms with Gasteiger partial charge in [-0.05, 0) is 40.9 Å². The van der Waals surface area contributed by atoms with Crippen molar-refractivity contribution in [2.45, 2.75) is 46.3 Å². The Kier molecular flexibility index (Phi) is 6.03. The number of ether oxygens (including phenoxy) is 1. The normalized spacial score (nSPS) is 16.6. The van der Waals surface area contributed by atoms with Gasteiger partial charge in [0.15, 0.2) is 17.4 Å². The van der Waals surface area contributed by atoms with Crippen LogP contribution in [-0.4, -0.2) is 62.4 Å². The van der Waals surface area contributed by atoms with Crippen LogP contribution < -0.4 is 10.6 Å². The number of hydrogen-bond acceptors (Lipinski definition) is 10. The SMILES string of the molecule is CC1CC=C([C@H](Nc2nc3nonc3nc2Nc2cccc(C(=O)N(C)C)c2O)C(C)(C)C)O1. The fourth-order valence-corrected chi connectivity index (χ4v) is 3.66. The van der Waals surface area contributed by atoms with Crippen LogP contribution >= 0.6 is 0 Å². The standard InChI is InChI=1S/C23H29N7O4/c1-12-10-11-15(33-12)17(23(2,3)4)25-19-18(26-20-21(27-19)29-34-28-20)24-14-9-7-8-13(16(14)31)22(32)30(5)6/h7-9,11-12,17,31H,10H2,1-6H3,(H,24,26,28)(H,25,27,29)/t12?,17-/m0/s1. The van der Waals surface area contributed by atoms with Gasteiger partial charge in [0.1, 0.15) is 5.76 Å². The molecule has 0 bridgehead atoms. The molecule has 1 amide bonds. The van der Waals surface area contributed by atoms with Gasteiger partial charge < -0.3 is 25.4 Å². The van der Waals surface area contributed by atoms with Crippen LogP contribution in [-0.2, 0) is 4.74 Å². The van der Waals surface area contributed by atoms with Crippen molar-refractivity contribution >= 4 is 34.5 Å². The van der Waals surface area contributed by atoms with Crippen LogP contribution in [0.2, 0.25) is 0 Å². The zero-order valence-corrected chi connectivity index (χ0v) is 20.1. The Morgan fingerprint density at radius 1 is 1.18 bits per heavy atom. The van der Waals surface area contributed by atoms with Crippen LogP contribution in [0.15, 0.2) is 34.7 Å². The van der Waals surface area contributed by atoms with Crippen LogP contribution in [0.1, 0.15) is 44.5 Å². The average Bonchev–Trinajstić information content (AvgIpc) is 3.40. The van der Waals surface area contributed by atoms with E-state index in [1.54, 1.807) is 32.3 Å². The van der Waals surface area contributed by atoms with Crippen molar-refractivity contribution in [1.29, 1.82) is 0 Å². The zero-order chi connectivity index (χ0) is 24.6. The second-order valence-electron chi connectivity index (χ2n) is 9.57. The minimum Gasteiger partial charge on any atom is -0.505 e. The molecule has 1 aromatic carbocycles. The Labute approximate surface area is 197 Å². The summed E-state index contributed by atoms with van der Waals surface area (Å²) >= 11 is 0. The molecule has 3 N–H and O–H groups in total. The molecular formula is C23H29N7O4. The number of nitrogens with zero attached hydrogens (tertiary/aromatic N) is 5. The molecule has 0 radical (unpaired) electrons. The first-order valence-corrected chi connectivity index (χ1v) is 11.0. The maximum atomic E-state index is 12.5. The summed E-state index contributed by atoms with van der Waals surface area (Å²) in [4.78, 5) is 22.9. The molecule has 180 valence electrons. The Hall–Kier alpha value is -3.89. The van der Waals surface area contributed by atoms with E-state index in [4.69, 9.17) is 9.37 Å². The number of hydrogen-bond donors (Lipinski definition) is 3. The molecule has 34 heavy (non-hydrogen) atoms. The first kappa shape index (κ1) is 23.3. The number of carbonyl (C=O) groups excluding carboxylic acids is 1. The number of phenols is 1. The summed E-state index contributed by atoms with van der Waals surface area (Å²) in [5.74, 6) is 0.960. The van der Waals surface area contributed by atoms with Gasteiger partial charge in [0.2, 0.25) is 11.3 Å². The van der Waals surface area contributed by atoms with E-state index in [9.17, 15) is 9.90 Å². The number of rotatable bonds is 6. The molecule has 1 aliphatic rings. The fraction of sp³-hybridized carbons (Fsp3) is 0.435. The zero-order valence-electron chi connectivity index (χ0n) is 20.1. The van der Waals surface area contributed by atoms with Crippen molar-refractivity contribution < 1.29 is 19.3 Å².